The molecule has 0 atom stereocenters. The molecule has 24 heavy (non-hydrogen) atoms. The topological polar surface area (TPSA) is 72.5 Å². The summed E-state index contributed by atoms with van der Waals surface area (Å²) in [5.41, 5.74) is 1.81. The van der Waals surface area contributed by atoms with Gasteiger partial charge in [-0.3, -0.25) is 4.79 Å². The summed E-state index contributed by atoms with van der Waals surface area (Å²) in [6, 6.07) is 13.6. The number of rotatable bonds is 3. The first-order valence-electron chi connectivity index (χ1n) is 7.44. The predicted octanol–water partition coefficient (Wildman–Crippen LogP) is 2.67. The summed E-state index contributed by atoms with van der Waals surface area (Å²) >= 11 is 0. The monoisotopic (exact) mass is 343 g/mol. The number of amides is 1. The largest absolute Gasteiger partial charge is 0.487 e. The van der Waals surface area contributed by atoms with Crippen molar-refractivity contribution in [1.29, 1.82) is 0 Å². The van der Waals surface area contributed by atoms with E-state index >= 15 is 0 Å². The van der Waals surface area contributed by atoms with E-state index < -0.39 is 9.84 Å². The minimum Gasteiger partial charge on any atom is -0.487 e. The van der Waals surface area contributed by atoms with E-state index in [1.54, 1.807) is 48.5 Å². The number of hydrogen-bond acceptors (Lipinski definition) is 4. The predicted molar refractivity (Wildman–Crippen MR) is 91.0 cm³/mol. The molecular formula is C18H17NO4S. The van der Waals surface area contributed by atoms with Crippen LogP contribution < -0.4 is 10.1 Å². The third-order valence-corrected chi connectivity index (χ3v) is 5.61. The smallest absolute Gasteiger partial charge is 0.221 e. The third-order valence-electron chi connectivity index (χ3n) is 3.75. The van der Waals surface area contributed by atoms with Gasteiger partial charge in [-0.25, -0.2) is 8.42 Å². The number of hydrogen-bond donors (Lipinski definition) is 1. The second-order valence-electron chi connectivity index (χ2n) is 5.58. The SMILES string of the molecule is CC(=O)NC1=C(S(=O)(=O)c2ccc(C)cc2)COc2ccccc21. The van der Waals surface area contributed by atoms with Gasteiger partial charge in [0.15, 0.2) is 0 Å². The Hall–Kier alpha value is -2.60. The van der Waals surface area contributed by atoms with E-state index in [0.717, 1.165) is 5.56 Å². The van der Waals surface area contributed by atoms with Gasteiger partial charge in [-0.15, -0.1) is 0 Å². The Balaban J connectivity index is 2.20. The Morgan fingerprint density at radius 3 is 2.42 bits per heavy atom. The highest BCUT2D eigenvalue weighted by Gasteiger charge is 2.31. The molecule has 2 aromatic carbocycles. The number of ether oxygens (including phenoxy) is 1. The summed E-state index contributed by atoms with van der Waals surface area (Å²) < 4.78 is 31.6. The van der Waals surface area contributed by atoms with Crippen LogP contribution in [0.4, 0.5) is 0 Å². The number of benzene rings is 2. The van der Waals surface area contributed by atoms with E-state index in [2.05, 4.69) is 5.32 Å². The van der Waals surface area contributed by atoms with Crippen molar-refractivity contribution in [2.75, 3.05) is 6.61 Å². The molecule has 1 heterocycles. The van der Waals surface area contributed by atoms with E-state index in [0.29, 0.717) is 11.3 Å². The molecule has 1 aliphatic rings. The average Bonchev–Trinajstić information content (AvgIpc) is 2.55. The molecule has 0 fully saturated rings. The van der Waals surface area contributed by atoms with Crippen molar-refractivity contribution < 1.29 is 17.9 Å². The lowest BCUT2D eigenvalue weighted by atomic mass is 10.1. The van der Waals surface area contributed by atoms with Crippen LogP contribution in [0.25, 0.3) is 5.70 Å². The van der Waals surface area contributed by atoms with Crippen LogP contribution >= 0.6 is 0 Å². The minimum atomic E-state index is -3.78. The summed E-state index contributed by atoms with van der Waals surface area (Å²) in [6.07, 6.45) is 0. The lowest BCUT2D eigenvalue weighted by molar-refractivity contribution is -0.117. The molecule has 6 heteroatoms. The first kappa shape index (κ1) is 16.3. The number of carbonyl (C=O) groups is 1. The van der Waals surface area contributed by atoms with E-state index in [-0.39, 0.29) is 28.0 Å². The third kappa shape index (κ3) is 2.92. The molecule has 0 aliphatic carbocycles. The molecule has 0 radical (unpaired) electrons. The fraction of sp³-hybridized carbons (Fsp3) is 0.167. The van der Waals surface area contributed by atoms with Crippen LogP contribution in [-0.4, -0.2) is 20.9 Å². The van der Waals surface area contributed by atoms with Crippen molar-refractivity contribution in [2.45, 2.75) is 18.7 Å². The van der Waals surface area contributed by atoms with Crippen molar-refractivity contribution in [3.63, 3.8) is 0 Å². The molecule has 0 saturated carbocycles. The molecular weight excluding hydrogens is 326 g/mol. The van der Waals surface area contributed by atoms with Crippen LogP contribution in [0.5, 0.6) is 5.75 Å². The van der Waals surface area contributed by atoms with E-state index in [1.165, 1.54) is 6.92 Å². The maximum Gasteiger partial charge on any atom is 0.221 e. The van der Waals surface area contributed by atoms with Gasteiger partial charge in [-0.2, -0.15) is 0 Å². The molecule has 124 valence electrons. The molecule has 0 spiro atoms. The van der Waals surface area contributed by atoms with E-state index in [4.69, 9.17) is 4.74 Å². The Morgan fingerprint density at radius 2 is 1.75 bits per heavy atom. The molecule has 0 aromatic heterocycles. The van der Waals surface area contributed by atoms with E-state index in [9.17, 15) is 13.2 Å². The molecule has 5 nitrogen and oxygen atoms in total. The Bertz CT molecular complexity index is 928. The van der Waals surface area contributed by atoms with Gasteiger partial charge in [0.05, 0.1) is 10.6 Å². The number of aryl methyl sites for hydroxylation is 1. The molecule has 2 aromatic rings. The zero-order valence-corrected chi connectivity index (χ0v) is 14.2. The van der Waals surface area contributed by atoms with E-state index in [1.807, 2.05) is 6.92 Å². The fourth-order valence-corrected chi connectivity index (χ4v) is 3.97. The first-order valence-corrected chi connectivity index (χ1v) is 8.92. The van der Waals surface area contributed by atoms with Crippen LogP contribution in [-0.2, 0) is 14.6 Å². The van der Waals surface area contributed by atoms with Crippen LogP contribution in [0.2, 0.25) is 0 Å². The highest BCUT2D eigenvalue weighted by molar-refractivity contribution is 7.95. The van der Waals surface area contributed by atoms with Crippen LogP contribution in [0, 0.1) is 6.92 Å². The molecule has 1 amide bonds. The summed E-state index contributed by atoms with van der Waals surface area (Å²) in [6.45, 7) is 3.11. The van der Waals surface area contributed by atoms with Gasteiger partial charge in [0.25, 0.3) is 0 Å². The highest BCUT2D eigenvalue weighted by Crippen LogP contribution is 2.35. The van der Waals surface area contributed by atoms with Crippen LogP contribution in [0.15, 0.2) is 58.3 Å². The van der Waals surface area contributed by atoms with Gasteiger partial charge in [-0.1, -0.05) is 29.8 Å². The maximum atomic E-state index is 13.0. The van der Waals surface area contributed by atoms with Crippen molar-refractivity contribution >= 4 is 21.4 Å². The lowest BCUT2D eigenvalue weighted by Crippen LogP contribution is -2.27. The maximum absolute atomic E-state index is 13.0. The normalized spacial score (nSPS) is 13.9. The summed E-state index contributed by atoms with van der Waals surface area (Å²) in [5, 5.41) is 2.66. The summed E-state index contributed by atoms with van der Waals surface area (Å²) in [4.78, 5) is 11.8. The summed E-state index contributed by atoms with van der Waals surface area (Å²) in [7, 11) is -3.78. The first-order chi connectivity index (χ1) is 11.4. The van der Waals surface area contributed by atoms with Crippen LogP contribution in [0.3, 0.4) is 0 Å². The van der Waals surface area contributed by atoms with Gasteiger partial charge in [0.2, 0.25) is 15.7 Å². The van der Waals surface area contributed by atoms with Gasteiger partial charge >= 0.3 is 0 Å². The minimum absolute atomic E-state index is 0.0558. The van der Waals surface area contributed by atoms with Gasteiger partial charge in [-0.05, 0) is 31.2 Å². The van der Waals surface area contributed by atoms with Gasteiger partial charge < -0.3 is 10.1 Å². The number of sulfone groups is 1. The molecule has 1 N–H and O–H groups in total. The second kappa shape index (κ2) is 6.13. The van der Waals surface area contributed by atoms with Gasteiger partial charge in [0.1, 0.15) is 17.3 Å². The Kier molecular flexibility index (Phi) is 4.15. The van der Waals surface area contributed by atoms with Crippen molar-refractivity contribution in [3.05, 3.63) is 64.6 Å². The average molecular weight is 343 g/mol. The molecule has 0 saturated heterocycles. The number of nitrogens with one attached hydrogen (secondary N) is 1. The quantitative estimate of drug-likeness (QED) is 0.930. The molecule has 1 aliphatic heterocycles. The zero-order valence-electron chi connectivity index (χ0n) is 13.4. The van der Waals surface area contributed by atoms with Gasteiger partial charge in [0, 0.05) is 12.5 Å². The second-order valence-corrected chi connectivity index (χ2v) is 7.55. The zero-order chi connectivity index (χ0) is 17.3. The van der Waals surface area contributed by atoms with Crippen molar-refractivity contribution in [1.82, 2.24) is 5.32 Å². The Labute approximate surface area is 140 Å². The number of fused-ring (bicyclic) bond motifs is 1. The van der Waals surface area contributed by atoms with Crippen molar-refractivity contribution in [2.24, 2.45) is 0 Å². The van der Waals surface area contributed by atoms with Crippen molar-refractivity contribution in [3.8, 4) is 5.75 Å². The Morgan fingerprint density at radius 1 is 1.08 bits per heavy atom. The number of para-hydroxylation sites is 1. The molecule has 3 rings (SSSR count). The number of carbonyl (C=O) groups excluding carboxylic acids is 1. The lowest BCUT2D eigenvalue weighted by Gasteiger charge is -2.24. The highest BCUT2D eigenvalue weighted by atomic mass is 32.2. The standard InChI is InChI=1S/C18H17NO4S/c1-12-7-9-14(10-8-12)24(21,22)17-11-23-16-6-4-3-5-15(16)18(17)19-13(2)20/h3-10H,11H2,1-2H3,(H,19,20). The van der Waals surface area contributed by atoms with Crippen LogP contribution in [0.1, 0.15) is 18.1 Å². The molecule has 0 bridgehead atoms. The summed E-state index contributed by atoms with van der Waals surface area (Å²) in [5.74, 6) is 0.211. The molecule has 0 unspecified atom stereocenters. The fourth-order valence-electron chi connectivity index (χ4n) is 2.55.